The van der Waals surface area contributed by atoms with Crippen LogP contribution in [0.5, 0.6) is 0 Å². The zero-order valence-electron chi connectivity index (χ0n) is 17.3. The van der Waals surface area contributed by atoms with E-state index in [-0.39, 0.29) is 30.0 Å². The largest absolute Gasteiger partial charge is 0.459 e. The van der Waals surface area contributed by atoms with Crippen LogP contribution < -0.4 is 5.32 Å². The van der Waals surface area contributed by atoms with Gasteiger partial charge in [-0.1, -0.05) is 17.7 Å². The summed E-state index contributed by atoms with van der Waals surface area (Å²) in [6.07, 6.45) is 2.75. The van der Waals surface area contributed by atoms with Gasteiger partial charge in [-0.15, -0.1) is 0 Å². The number of rotatable bonds is 5. The second kappa shape index (κ2) is 8.51. The van der Waals surface area contributed by atoms with Gasteiger partial charge in [0.2, 0.25) is 11.8 Å². The van der Waals surface area contributed by atoms with E-state index in [1.807, 2.05) is 32.9 Å². The van der Waals surface area contributed by atoms with E-state index < -0.39 is 6.04 Å². The first kappa shape index (κ1) is 20.6. The summed E-state index contributed by atoms with van der Waals surface area (Å²) in [6, 6.07) is 6.67. The summed E-state index contributed by atoms with van der Waals surface area (Å²) >= 11 is 0. The number of likely N-dealkylation sites (tertiary alicyclic amines) is 1. The third-order valence-electron chi connectivity index (χ3n) is 5.23. The molecule has 1 atom stereocenters. The van der Waals surface area contributed by atoms with Crippen molar-refractivity contribution in [2.45, 2.75) is 39.7 Å². The summed E-state index contributed by atoms with van der Waals surface area (Å²) in [7, 11) is 1.59. The van der Waals surface area contributed by atoms with Crippen LogP contribution in [0.4, 0.5) is 5.69 Å². The van der Waals surface area contributed by atoms with Gasteiger partial charge in [-0.3, -0.25) is 14.4 Å². The zero-order valence-corrected chi connectivity index (χ0v) is 17.3. The van der Waals surface area contributed by atoms with Crippen LogP contribution in [0.2, 0.25) is 0 Å². The summed E-state index contributed by atoms with van der Waals surface area (Å²) in [4.78, 5) is 41.0. The molecule has 1 aliphatic heterocycles. The number of carbonyl (C=O) groups is 3. The lowest BCUT2D eigenvalue weighted by atomic mass is 10.1. The molecule has 3 rings (SSSR count). The van der Waals surface area contributed by atoms with Crippen molar-refractivity contribution in [3.8, 4) is 0 Å². The quantitative estimate of drug-likeness (QED) is 0.841. The Labute approximate surface area is 170 Å². The Bertz CT molecular complexity index is 897. The molecule has 29 heavy (non-hydrogen) atoms. The number of furan rings is 1. The lowest BCUT2D eigenvalue weighted by Crippen LogP contribution is -2.48. The van der Waals surface area contributed by atoms with Gasteiger partial charge in [0.05, 0.1) is 12.8 Å². The fourth-order valence-corrected chi connectivity index (χ4v) is 3.91. The van der Waals surface area contributed by atoms with Gasteiger partial charge in [-0.25, -0.2) is 0 Å². The third-order valence-corrected chi connectivity index (χ3v) is 5.23. The molecule has 7 heteroatoms. The Kier molecular flexibility index (Phi) is 6.06. The minimum absolute atomic E-state index is 0.0785. The van der Waals surface area contributed by atoms with Gasteiger partial charge in [-0.05, 0) is 56.9 Å². The topological polar surface area (TPSA) is 82.9 Å². The van der Waals surface area contributed by atoms with Crippen LogP contribution in [0.15, 0.2) is 34.9 Å². The molecule has 1 aliphatic rings. The van der Waals surface area contributed by atoms with E-state index in [0.717, 1.165) is 28.8 Å². The maximum atomic E-state index is 12.9. The first-order chi connectivity index (χ1) is 13.8. The van der Waals surface area contributed by atoms with E-state index >= 15 is 0 Å². The van der Waals surface area contributed by atoms with E-state index in [1.165, 1.54) is 16.1 Å². The number of nitrogens with zero attached hydrogens (tertiary/aromatic N) is 2. The van der Waals surface area contributed by atoms with E-state index in [9.17, 15) is 14.4 Å². The van der Waals surface area contributed by atoms with Crippen LogP contribution in [0, 0.1) is 20.8 Å². The van der Waals surface area contributed by atoms with Gasteiger partial charge in [0, 0.05) is 19.3 Å². The third kappa shape index (κ3) is 4.50. The predicted octanol–water partition coefficient (Wildman–Crippen LogP) is 2.91. The maximum absolute atomic E-state index is 12.9. The number of aryl methyl sites for hydroxylation is 3. The van der Waals surface area contributed by atoms with Crippen molar-refractivity contribution >= 4 is 23.4 Å². The summed E-state index contributed by atoms with van der Waals surface area (Å²) in [5.41, 5.74) is 3.87. The number of benzene rings is 1. The average molecular weight is 397 g/mol. The van der Waals surface area contributed by atoms with Gasteiger partial charge in [0.15, 0.2) is 5.76 Å². The smallest absolute Gasteiger partial charge is 0.290 e. The number of hydrogen-bond acceptors (Lipinski definition) is 4. The summed E-state index contributed by atoms with van der Waals surface area (Å²) in [5, 5.41) is 2.91. The molecule has 154 valence electrons. The van der Waals surface area contributed by atoms with E-state index in [0.29, 0.717) is 13.0 Å². The van der Waals surface area contributed by atoms with Gasteiger partial charge in [-0.2, -0.15) is 0 Å². The van der Waals surface area contributed by atoms with E-state index in [2.05, 4.69) is 5.32 Å². The molecule has 1 N–H and O–H groups in total. The molecule has 2 aromatic rings. The van der Waals surface area contributed by atoms with Crippen LogP contribution in [-0.4, -0.2) is 53.7 Å². The van der Waals surface area contributed by atoms with Crippen molar-refractivity contribution in [1.82, 2.24) is 9.80 Å². The van der Waals surface area contributed by atoms with Crippen LogP contribution in [0.1, 0.15) is 40.1 Å². The van der Waals surface area contributed by atoms with Gasteiger partial charge >= 0.3 is 0 Å². The van der Waals surface area contributed by atoms with Crippen LogP contribution >= 0.6 is 0 Å². The average Bonchev–Trinajstić information content (AvgIpc) is 3.35. The number of nitrogens with one attached hydrogen (secondary N) is 1. The van der Waals surface area contributed by atoms with Crippen LogP contribution in [0.3, 0.4) is 0 Å². The van der Waals surface area contributed by atoms with Gasteiger partial charge < -0.3 is 19.5 Å². The molecule has 2 heterocycles. The highest BCUT2D eigenvalue weighted by molar-refractivity contribution is 5.98. The molecule has 0 bridgehead atoms. The number of carbonyl (C=O) groups excluding carboxylic acids is 3. The number of amides is 3. The Morgan fingerprint density at radius 3 is 2.52 bits per heavy atom. The highest BCUT2D eigenvalue weighted by Crippen LogP contribution is 2.23. The normalized spacial score (nSPS) is 16.0. The number of anilines is 1. The number of likely N-dealkylation sites (N-methyl/N-ethyl adjacent to an activating group) is 1. The molecule has 3 amide bonds. The Hall–Kier alpha value is -3.09. The molecule has 0 radical (unpaired) electrons. The minimum atomic E-state index is -0.576. The Balaban J connectivity index is 1.64. The number of hydrogen-bond donors (Lipinski definition) is 1. The van der Waals surface area contributed by atoms with Crippen molar-refractivity contribution in [3.63, 3.8) is 0 Å². The van der Waals surface area contributed by atoms with Crippen molar-refractivity contribution < 1.29 is 18.8 Å². The SMILES string of the molecule is Cc1cc(C)c(NC(=O)CN(C)C(=O)C2CCCN2C(=O)c2ccco2)c(C)c1. The van der Waals surface area contributed by atoms with Gasteiger partial charge in [0.1, 0.15) is 6.04 Å². The molecular weight excluding hydrogens is 370 g/mol. The first-order valence-electron chi connectivity index (χ1n) is 9.75. The highest BCUT2D eigenvalue weighted by atomic mass is 16.3. The van der Waals surface area contributed by atoms with E-state index in [4.69, 9.17) is 4.42 Å². The first-order valence-corrected chi connectivity index (χ1v) is 9.75. The molecule has 7 nitrogen and oxygen atoms in total. The molecule has 1 fully saturated rings. The Morgan fingerprint density at radius 1 is 1.21 bits per heavy atom. The summed E-state index contributed by atoms with van der Waals surface area (Å²) < 4.78 is 5.18. The monoisotopic (exact) mass is 397 g/mol. The molecular formula is C22H27N3O4. The molecule has 0 saturated carbocycles. The summed E-state index contributed by atoms with van der Waals surface area (Å²) in [6.45, 7) is 6.32. The highest BCUT2D eigenvalue weighted by Gasteiger charge is 2.37. The standard InChI is InChI=1S/C22H27N3O4/c1-14-11-15(2)20(16(3)12-14)23-19(26)13-24(4)21(27)17-7-5-9-25(17)22(28)18-8-6-10-29-18/h6,8,10-12,17H,5,7,9,13H2,1-4H3,(H,23,26). The zero-order chi connectivity index (χ0) is 21.1. The second-order valence-electron chi connectivity index (χ2n) is 7.65. The molecule has 0 aliphatic carbocycles. The molecule has 1 unspecified atom stereocenters. The van der Waals surface area contributed by atoms with Crippen molar-refractivity contribution in [2.24, 2.45) is 0 Å². The molecule has 1 aromatic heterocycles. The molecule has 1 saturated heterocycles. The van der Waals surface area contributed by atoms with E-state index in [1.54, 1.807) is 19.2 Å². The lowest BCUT2D eigenvalue weighted by molar-refractivity contribution is -0.136. The van der Waals surface area contributed by atoms with Crippen molar-refractivity contribution in [3.05, 3.63) is 53.0 Å². The maximum Gasteiger partial charge on any atom is 0.290 e. The van der Waals surface area contributed by atoms with Crippen molar-refractivity contribution in [2.75, 3.05) is 25.5 Å². The molecule has 1 aromatic carbocycles. The fourth-order valence-electron chi connectivity index (χ4n) is 3.91. The second-order valence-corrected chi connectivity index (χ2v) is 7.65. The fraction of sp³-hybridized carbons (Fsp3) is 0.409. The Morgan fingerprint density at radius 2 is 1.90 bits per heavy atom. The lowest BCUT2D eigenvalue weighted by Gasteiger charge is -2.27. The predicted molar refractivity (Wildman–Crippen MR) is 110 cm³/mol. The molecule has 0 spiro atoms. The van der Waals surface area contributed by atoms with Crippen LogP contribution in [-0.2, 0) is 9.59 Å². The summed E-state index contributed by atoms with van der Waals surface area (Å²) in [5.74, 6) is -0.585. The van der Waals surface area contributed by atoms with Gasteiger partial charge in [0.25, 0.3) is 5.91 Å². The van der Waals surface area contributed by atoms with Crippen LogP contribution in [0.25, 0.3) is 0 Å². The minimum Gasteiger partial charge on any atom is -0.459 e. The van der Waals surface area contributed by atoms with Crippen molar-refractivity contribution in [1.29, 1.82) is 0 Å².